The van der Waals surface area contributed by atoms with Gasteiger partial charge < -0.3 is 15.4 Å². The molecular formula is C15H15N3O. The predicted molar refractivity (Wildman–Crippen MR) is 76.6 cm³/mol. The Morgan fingerprint density at radius 3 is 2.42 bits per heavy atom. The first-order valence-corrected chi connectivity index (χ1v) is 5.83. The summed E-state index contributed by atoms with van der Waals surface area (Å²) in [6.45, 7) is 0. The average Bonchev–Trinajstić information content (AvgIpc) is 2.46. The van der Waals surface area contributed by atoms with Crippen LogP contribution in [0, 0.1) is 11.3 Å². The molecule has 0 fully saturated rings. The van der Waals surface area contributed by atoms with Crippen LogP contribution in [0.1, 0.15) is 5.56 Å². The number of ether oxygens (including phenoxy) is 1. The molecule has 2 aromatic rings. The Balaban J connectivity index is 2.38. The molecule has 4 nitrogen and oxygen atoms in total. The van der Waals surface area contributed by atoms with Crippen molar-refractivity contribution in [3.63, 3.8) is 0 Å². The van der Waals surface area contributed by atoms with Gasteiger partial charge in [0.25, 0.3) is 0 Å². The number of hydrogen-bond acceptors (Lipinski definition) is 4. The van der Waals surface area contributed by atoms with Gasteiger partial charge in [0, 0.05) is 18.4 Å². The molecule has 0 radical (unpaired) electrons. The lowest BCUT2D eigenvalue weighted by molar-refractivity contribution is 0.415. The van der Waals surface area contributed by atoms with E-state index in [1.807, 2.05) is 42.3 Å². The summed E-state index contributed by atoms with van der Waals surface area (Å²) in [5, 5.41) is 9.17. The van der Waals surface area contributed by atoms with Gasteiger partial charge in [-0.3, -0.25) is 0 Å². The number of methoxy groups -OCH3 is 1. The van der Waals surface area contributed by atoms with Crippen LogP contribution < -0.4 is 15.4 Å². The molecule has 2 N–H and O–H groups in total. The molecule has 4 heteroatoms. The molecule has 2 rings (SSSR count). The van der Waals surface area contributed by atoms with Crippen LogP contribution in [-0.2, 0) is 0 Å². The van der Waals surface area contributed by atoms with Gasteiger partial charge in [-0.1, -0.05) is 0 Å². The summed E-state index contributed by atoms with van der Waals surface area (Å²) < 4.78 is 5.13. The van der Waals surface area contributed by atoms with Crippen LogP contribution >= 0.6 is 0 Å². The molecule has 0 aliphatic heterocycles. The van der Waals surface area contributed by atoms with E-state index in [1.165, 1.54) is 0 Å². The van der Waals surface area contributed by atoms with E-state index in [9.17, 15) is 0 Å². The van der Waals surface area contributed by atoms with Crippen LogP contribution in [0.3, 0.4) is 0 Å². The van der Waals surface area contributed by atoms with E-state index in [1.54, 1.807) is 19.2 Å². The number of nitrogens with zero attached hydrogens (tertiary/aromatic N) is 2. The van der Waals surface area contributed by atoms with E-state index in [-0.39, 0.29) is 0 Å². The first kappa shape index (κ1) is 12.8. The van der Waals surface area contributed by atoms with Gasteiger partial charge in [0.15, 0.2) is 0 Å². The molecule has 0 amide bonds. The lowest BCUT2D eigenvalue weighted by Crippen LogP contribution is -2.11. The summed E-state index contributed by atoms with van der Waals surface area (Å²) in [6.07, 6.45) is 0. The van der Waals surface area contributed by atoms with Gasteiger partial charge in [-0.2, -0.15) is 5.26 Å². The summed E-state index contributed by atoms with van der Waals surface area (Å²) in [5.74, 6) is 0.801. The lowest BCUT2D eigenvalue weighted by Gasteiger charge is -2.21. The largest absolute Gasteiger partial charge is 0.497 e. The molecule has 0 saturated carbocycles. The second kappa shape index (κ2) is 5.32. The Morgan fingerprint density at radius 1 is 1.16 bits per heavy atom. The normalized spacial score (nSPS) is 9.74. The van der Waals surface area contributed by atoms with Gasteiger partial charge in [-0.05, 0) is 42.5 Å². The number of anilines is 3. The number of nitriles is 1. The van der Waals surface area contributed by atoms with Gasteiger partial charge in [0.05, 0.1) is 18.4 Å². The standard InChI is InChI=1S/C15H15N3O/c1-18(13-4-6-14(19-2)7-5-13)15-8-3-12(17)9-11(15)10-16/h3-9H,17H2,1-2H3. The van der Waals surface area contributed by atoms with Gasteiger partial charge in [-0.15, -0.1) is 0 Å². The molecule has 2 aromatic carbocycles. The fourth-order valence-electron chi connectivity index (χ4n) is 1.88. The molecular weight excluding hydrogens is 238 g/mol. The molecule has 0 atom stereocenters. The molecule has 0 spiro atoms. The number of hydrogen-bond donors (Lipinski definition) is 1. The smallest absolute Gasteiger partial charge is 0.119 e. The minimum atomic E-state index is 0.554. The quantitative estimate of drug-likeness (QED) is 0.854. The van der Waals surface area contributed by atoms with Gasteiger partial charge >= 0.3 is 0 Å². The number of rotatable bonds is 3. The van der Waals surface area contributed by atoms with Crippen LogP contribution in [-0.4, -0.2) is 14.2 Å². The molecule has 0 bridgehead atoms. The highest BCUT2D eigenvalue weighted by molar-refractivity contribution is 5.71. The fraction of sp³-hybridized carbons (Fsp3) is 0.133. The van der Waals surface area contributed by atoms with Gasteiger partial charge in [0.1, 0.15) is 11.8 Å². The maximum atomic E-state index is 9.17. The first-order valence-electron chi connectivity index (χ1n) is 5.83. The molecule has 19 heavy (non-hydrogen) atoms. The van der Waals surface area contributed by atoms with Gasteiger partial charge in [-0.25, -0.2) is 0 Å². The minimum Gasteiger partial charge on any atom is -0.497 e. The molecule has 0 aliphatic carbocycles. The van der Waals surface area contributed by atoms with Crippen LogP contribution in [0.15, 0.2) is 42.5 Å². The monoisotopic (exact) mass is 253 g/mol. The van der Waals surface area contributed by atoms with Crippen molar-refractivity contribution < 1.29 is 4.74 Å². The highest BCUT2D eigenvalue weighted by atomic mass is 16.5. The van der Waals surface area contributed by atoms with Crippen LogP contribution in [0.2, 0.25) is 0 Å². The van der Waals surface area contributed by atoms with Crippen molar-refractivity contribution in [1.82, 2.24) is 0 Å². The highest BCUT2D eigenvalue weighted by Crippen LogP contribution is 2.29. The van der Waals surface area contributed by atoms with Crippen molar-refractivity contribution in [2.75, 3.05) is 24.8 Å². The number of benzene rings is 2. The van der Waals surface area contributed by atoms with Crippen molar-refractivity contribution in [3.8, 4) is 11.8 Å². The first-order chi connectivity index (χ1) is 9.15. The van der Waals surface area contributed by atoms with E-state index in [0.717, 1.165) is 17.1 Å². The van der Waals surface area contributed by atoms with E-state index in [0.29, 0.717) is 11.3 Å². The van der Waals surface area contributed by atoms with Crippen LogP contribution in [0.4, 0.5) is 17.1 Å². The zero-order valence-corrected chi connectivity index (χ0v) is 10.9. The molecule has 0 unspecified atom stereocenters. The second-order valence-electron chi connectivity index (χ2n) is 4.15. The van der Waals surface area contributed by atoms with Crippen LogP contribution in [0.5, 0.6) is 5.75 Å². The Morgan fingerprint density at radius 2 is 1.84 bits per heavy atom. The highest BCUT2D eigenvalue weighted by Gasteiger charge is 2.09. The molecule has 0 heterocycles. The Bertz CT molecular complexity index is 614. The Labute approximate surface area is 112 Å². The Hall–Kier alpha value is -2.67. The molecule has 0 aromatic heterocycles. The summed E-state index contributed by atoms with van der Waals surface area (Å²) in [7, 11) is 3.54. The van der Waals surface area contributed by atoms with Crippen LogP contribution in [0.25, 0.3) is 0 Å². The topological polar surface area (TPSA) is 62.3 Å². The van der Waals surface area contributed by atoms with Crippen molar-refractivity contribution >= 4 is 17.1 Å². The number of nitrogen functional groups attached to an aromatic ring is 1. The minimum absolute atomic E-state index is 0.554. The van der Waals surface area contributed by atoms with Gasteiger partial charge in [0.2, 0.25) is 0 Å². The van der Waals surface area contributed by atoms with Crippen molar-refractivity contribution in [3.05, 3.63) is 48.0 Å². The Kier molecular flexibility index (Phi) is 3.58. The predicted octanol–water partition coefficient (Wildman–Crippen LogP) is 2.92. The molecule has 0 aliphatic rings. The average molecular weight is 253 g/mol. The second-order valence-corrected chi connectivity index (χ2v) is 4.15. The fourth-order valence-corrected chi connectivity index (χ4v) is 1.88. The lowest BCUT2D eigenvalue weighted by atomic mass is 10.1. The van der Waals surface area contributed by atoms with E-state index >= 15 is 0 Å². The maximum Gasteiger partial charge on any atom is 0.119 e. The van der Waals surface area contributed by atoms with E-state index in [2.05, 4.69) is 6.07 Å². The SMILES string of the molecule is COc1ccc(N(C)c2ccc(N)cc2C#N)cc1. The third-order valence-electron chi connectivity index (χ3n) is 2.96. The van der Waals surface area contributed by atoms with Crippen molar-refractivity contribution in [2.45, 2.75) is 0 Å². The summed E-state index contributed by atoms with van der Waals surface area (Å²) in [4.78, 5) is 1.94. The summed E-state index contributed by atoms with van der Waals surface area (Å²) in [6, 6.07) is 15.1. The summed E-state index contributed by atoms with van der Waals surface area (Å²) >= 11 is 0. The number of nitrogens with two attached hydrogens (primary N) is 1. The van der Waals surface area contributed by atoms with E-state index < -0.39 is 0 Å². The maximum absolute atomic E-state index is 9.17. The molecule has 0 saturated heterocycles. The van der Waals surface area contributed by atoms with E-state index in [4.69, 9.17) is 15.7 Å². The zero-order valence-electron chi connectivity index (χ0n) is 10.9. The molecule has 96 valence electrons. The summed E-state index contributed by atoms with van der Waals surface area (Å²) in [5.41, 5.74) is 8.63. The van der Waals surface area contributed by atoms with Crippen molar-refractivity contribution in [1.29, 1.82) is 5.26 Å². The zero-order chi connectivity index (χ0) is 13.8. The third kappa shape index (κ3) is 2.61. The van der Waals surface area contributed by atoms with Crippen molar-refractivity contribution in [2.24, 2.45) is 0 Å². The third-order valence-corrected chi connectivity index (χ3v) is 2.96.